The van der Waals surface area contributed by atoms with Gasteiger partial charge in [-0.1, -0.05) is 91.0 Å². The number of carbonyl (C=O) groups excluding carboxylic acids is 2. The van der Waals surface area contributed by atoms with Gasteiger partial charge in [0.1, 0.15) is 5.92 Å². The molecule has 0 radical (unpaired) electrons. The molecule has 2 unspecified atom stereocenters. The number of para-hydroxylation sites is 1. The van der Waals surface area contributed by atoms with E-state index in [2.05, 4.69) is 9.97 Å². The first kappa shape index (κ1) is 29.8. The van der Waals surface area contributed by atoms with Crippen LogP contribution in [0.5, 0.6) is 0 Å². The van der Waals surface area contributed by atoms with Crippen molar-refractivity contribution >= 4 is 38.4 Å². The normalized spacial score (nSPS) is 18.3. The summed E-state index contributed by atoms with van der Waals surface area (Å²) in [4.78, 5) is 36.9. The fraction of sp³-hybridized carbons (Fsp3) is 0.243. The second kappa shape index (κ2) is 11.8. The molecule has 8 nitrogen and oxygen atoms in total. The average molecular weight is 632 g/mol. The molecule has 5 aromatic rings. The van der Waals surface area contributed by atoms with Crippen LogP contribution in [0.25, 0.3) is 10.9 Å². The van der Waals surface area contributed by atoms with Crippen LogP contribution in [-0.2, 0) is 37.2 Å². The van der Waals surface area contributed by atoms with E-state index in [1.54, 1.807) is 30.3 Å². The molecule has 1 aliphatic carbocycles. The number of aromatic nitrogens is 2. The summed E-state index contributed by atoms with van der Waals surface area (Å²) in [5, 5.41) is 0.432. The number of hydrogen-bond donors (Lipinski definition) is 0. The summed E-state index contributed by atoms with van der Waals surface area (Å²) in [6.07, 6.45) is 3.78. The number of sulfonamides is 1. The summed E-state index contributed by atoms with van der Waals surface area (Å²) < 4.78 is 34.7. The highest BCUT2D eigenvalue weighted by Gasteiger charge is 2.59. The van der Waals surface area contributed by atoms with Crippen LogP contribution in [-0.4, -0.2) is 42.8 Å². The number of hydrogen-bond acceptors (Lipinski definition) is 7. The van der Waals surface area contributed by atoms with Gasteiger partial charge in [-0.15, -0.1) is 0 Å². The fourth-order valence-electron chi connectivity index (χ4n) is 6.63. The Balaban J connectivity index is 1.23. The van der Waals surface area contributed by atoms with E-state index in [-0.39, 0.29) is 29.7 Å². The van der Waals surface area contributed by atoms with Crippen LogP contribution in [0.4, 0.5) is 5.69 Å². The summed E-state index contributed by atoms with van der Waals surface area (Å²) in [7, 11) is -2.65. The molecule has 0 bridgehead atoms. The molecule has 1 aliphatic heterocycles. The van der Waals surface area contributed by atoms with E-state index >= 15 is 0 Å². The third kappa shape index (κ3) is 5.56. The van der Waals surface area contributed by atoms with E-state index in [9.17, 15) is 18.0 Å². The summed E-state index contributed by atoms with van der Waals surface area (Å²) in [6, 6.07) is 33.5. The highest BCUT2D eigenvalue weighted by atomic mass is 32.2. The third-order valence-corrected chi connectivity index (χ3v) is 10.7. The predicted molar refractivity (Wildman–Crippen MR) is 175 cm³/mol. The number of cyclic esters (lactones) is 1. The number of esters is 1. The fourth-order valence-corrected chi connectivity index (χ4v) is 7.66. The maximum absolute atomic E-state index is 14.6. The van der Waals surface area contributed by atoms with Crippen molar-refractivity contribution in [1.29, 1.82) is 0 Å². The first-order valence-electron chi connectivity index (χ1n) is 15.4. The largest absolute Gasteiger partial charge is 0.450 e. The van der Waals surface area contributed by atoms with Gasteiger partial charge in [-0.3, -0.25) is 13.9 Å². The van der Waals surface area contributed by atoms with E-state index in [1.165, 1.54) is 13.2 Å². The molecule has 4 aromatic carbocycles. The van der Waals surface area contributed by atoms with Crippen LogP contribution in [0.2, 0.25) is 0 Å². The Bertz CT molecular complexity index is 1990. The number of carbonyl (C=O) groups is 2. The Hall–Kier alpha value is -4.89. The summed E-state index contributed by atoms with van der Waals surface area (Å²) in [5.74, 6) is -2.09. The van der Waals surface area contributed by atoms with Crippen LogP contribution in [0.3, 0.4) is 0 Å². The molecule has 0 spiro atoms. The molecule has 9 heteroatoms. The van der Waals surface area contributed by atoms with Crippen molar-refractivity contribution in [1.82, 2.24) is 9.97 Å². The Morgan fingerprint density at radius 2 is 1.48 bits per heavy atom. The molecule has 46 heavy (non-hydrogen) atoms. The number of nitrogens with zero attached hydrogens (tertiary/aromatic N) is 3. The van der Waals surface area contributed by atoms with Gasteiger partial charge in [0.2, 0.25) is 0 Å². The molecular formula is C37H33N3O5S. The number of ketones is 1. The number of rotatable bonds is 10. The zero-order valence-electron chi connectivity index (χ0n) is 25.3. The molecule has 2 heterocycles. The maximum Gasteiger partial charge on any atom is 0.318 e. The van der Waals surface area contributed by atoms with Crippen LogP contribution < -0.4 is 4.31 Å². The molecule has 1 saturated carbocycles. The van der Waals surface area contributed by atoms with Crippen LogP contribution in [0.15, 0.2) is 121 Å². The lowest BCUT2D eigenvalue weighted by Crippen LogP contribution is -2.43. The van der Waals surface area contributed by atoms with Crippen molar-refractivity contribution in [3.63, 3.8) is 0 Å². The first-order valence-corrected chi connectivity index (χ1v) is 16.8. The summed E-state index contributed by atoms with van der Waals surface area (Å²) in [6.45, 7) is 0. The van der Waals surface area contributed by atoms with Crippen LogP contribution in [0, 0.1) is 11.8 Å². The SMILES string of the molecule is CN(c1cccc(C(C2CC2)C2C(=O)OC(Cc3ccccc3)(Cc3ccccc3)C2=O)c1)S(=O)(=O)c1ncc2ccccc2n1. The summed E-state index contributed by atoms with van der Waals surface area (Å²) in [5.41, 5.74) is 2.12. The highest BCUT2D eigenvalue weighted by Crippen LogP contribution is 2.51. The van der Waals surface area contributed by atoms with E-state index in [0.717, 1.165) is 39.2 Å². The van der Waals surface area contributed by atoms with Gasteiger partial charge in [0, 0.05) is 37.4 Å². The molecule has 0 N–H and O–H groups in total. The lowest BCUT2D eigenvalue weighted by atomic mass is 9.74. The summed E-state index contributed by atoms with van der Waals surface area (Å²) >= 11 is 0. The van der Waals surface area contributed by atoms with Gasteiger partial charge in [0.15, 0.2) is 11.4 Å². The van der Waals surface area contributed by atoms with E-state index in [1.807, 2.05) is 78.9 Å². The molecular weight excluding hydrogens is 598 g/mol. The number of benzene rings is 4. The lowest BCUT2D eigenvalue weighted by molar-refractivity contribution is -0.152. The maximum atomic E-state index is 14.6. The van der Waals surface area contributed by atoms with Crippen molar-refractivity contribution in [2.75, 3.05) is 11.4 Å². The zero-order chi connectivity index (χ0) is 31.9. The van der Waals surface area contributed by atoms with Gasteiger partial charge in [-0.2, -0.15) is 8.42 Å². The number of Topliss-reactive ketones (excluding diaryl/α,β-unsaturated/α-hetero) is 1. The Kier molecular flexibility index (Phi) is 7.64. The average Bonchev–Trinajstić information content (AvgIpc) is 3.89. The predicted octanol–water partition coefficient (Wildman–Crippen LogP) is 5.91. The molecule has 7 rings (SSSR count). The second-order valence-electron chi connectivity index (χ2n) is 12.2. The number of ether oxygens (including phenoxy) is 1. The van der Waals surface area contributed by atoms with Crippen molar-refractivity contribution in [2.45, 2.75) is 42.4 Å². The minimum atomic E-state index is -4.11. The molecule has 1 aromatic heterocycles. The smallest absolute Gasteiger partial charge is 0.318 e. The van der Waals surface area contributed by atoms with Crippen molar-refractivity contribution in [3.05, 3.63) is 132 Å². The number of anilines is 1. The van der Waals surface area contributed by atoms with Crippen LogP contribution >= 0.6 is 0 Å². The lowest BCUT2D eigenvalue weighted by Gasteiger charge is -2.28. The van der Waals surface area contributed by atoms with E-state index < -0.39 is 33.4 Å². The molecule has 2 aliphatic rings. The van der Waals surface area contributed by atoms with Gasteiger partial charge in [0.05, 0.1) is 11.2 Å². The van der Waals surface area contributed by atoms with Crippen molar-refractivity contribution in [2.24, 2.45) is 11.8 Å². The molecule has 2 fully saturated rings. The monoisotopic (exact) mass is 631 g/mol. The quantitative estimate of drug-likeness (QED) is 0.107. The molecule has 0 amide bonds. The van der Waals surface area contributed by atoms with Gasteiger partial charge >= 0.3 is 5.97 Å². The van der Waals surface area contributed by atoms with Gasteiger partial charge < -0.3 is 4.74 Å². The molecule has 1 saturated heterocycles. The minimum Gasteiger partial charge on any atom is -0.450 e. The van der Waals surface area contributed by atoms with Crippen molar-refractivity contribution in [3.8, 4) is 0 Å². The van der Waals surface area contributed by atoms with Gasteiger partial charge in [-0.25, -0.2) is 9.97 Å². The molecule has 2 atom stereocenters. The second-order valence-corrected chi connectivity index (χ2v) is 14.1. The van der Waals surface area contributed by atoms with E-state index in [4.69, 9.17) is 4.74 Å². The zero-order valence-corrected chi connectivity index (χ0v) is 26.1. The van der Waals surface area contributed by atoms with Crippen molar-refractivity contribution < 1.29 is 22.7 Å². The Morgan fingerprint density at radius 3 is 2.13 bits per heavy atom. The highest BCUT2D eigenvalue weighted by molar-refractivity contribution is 7.92. The Morgan fingerprint density at radius 1 is 0.848 bits per heavy atom. The molecule has 232 valence electrons. The third-order valence-electron chi connectivity index (χ3n) is 9.11. The minimum absolute atomic E-state index is 0.103. The van der Waals surface area contributed by atoms with Gasteiger partial charge in [0.25, 0.3) is 15.2 Å². The topological polar surface area (TPSA) is 107 Å². The Labute approximate surface area is 268 Å². The van der Waals surface area contributed by atoms with Gasteiger partial charge in [-0.05, 0) is 53.6 Å². The van der Waals surface area contributed by atoms with E-state index in [0.29, 0.717) is 11.2 Å². The first-order chi connectivity index (χ1) is 22.2. The number of fused-ring (bicyclic) bond motifs is 1. The standard InChI is InChI=1S/C37H33N3O5S/c1-40(46(43,44)36-38-24-29-15-8-9-18-31(29)39-36)30-17-10-16-28(21-30)32(27-19-20-27)33-34(41)37(45-35(33)42,22-25-11-4-2-5-12-25)23-26-13-6-3-7-14-26/h2-18,21,24,27,32-33H,19-20,22-23H2,1H3. The van der Waals surface area contributed by atoms with Crippen LogP contribution in [0.1, 0.15) is 35.4 Å².